The third kappa shape index (κ3) is 3.68. The predicted molar refractivity (Wildman–Crippen MR) is 108 cm³/mol. The molecule has 0 fully saturated rings. The number of nitrogens with one attached hydrogen (secondary N) is 1. The van der Waals surface area contributed by atoms with Gasteiger partial charge >= 0.3 is 0 Å². The van der Waals surface area contributed by atoms with Gasteiger partial charge in [-0.3, -0.25) is 0 Å². The third-order valence-electron chi connectivity index (χ3n) is 3.97. The number of rotatable bonds is 4. The van der Waals surface area contributed by atoms with Crippen LogP contribution in [0.3, 0.4) is 0 Å². The van der Waals surface area contributed by atoms with Crippen LogP contribution in [0.2, 0.25) is 0 Å². The van der Waals surface area contributed by atoms with Crippen LogP contribution in [-0.2, 0) is 0 Å². The number of nitrogen functional groups attached to an aromatic ring is 1. The lowest BCUT2D eigenvalue weighted by Crippen LogP contribution is -2.04. The van der Waals surface area contributed by atoms with Crippen LogP contribution < -0.4 is 15.8 Å². The molecule has 0 bridgehead atoms. The molecule has 5 nitrogen and oxygen atoms in total. The second kappa shape index (κ2) is 7.20. The molecule has 0 aliphatic carbocycles. The first-order valence-corrected chi connectivity index (χ1v) is 8.88. The van der Waals surface area contributed by atoms with Crippen molar-refractivity contribution >= 4 is 43.9 Å². The molecule has 0 saturated heterocycles. The van der Waals surface area contributed by atoms with Crippen molar-refractivity contribution in [3.05, 3.63) is 77.3 Å². The zero-order valence-corrected chi connectivity index (χ0v) is 15.6. The molecule has 3 N–H and O–H groups in total. The van der Waals surface area contributed by atoms with Gasteiger partial charge in [-0.1, -0.05) is 46.3 Å². The molecule has 134 valence electrons. The number of fused-ring (bicyclic) bond motifs is 1. The summed E-state index contributed by atoms with van der Waals surface area (Å²) in [5, 5.41) is 5.02. The van der Waals surface area contributed by atoms with Crippen LogP contribution in [0.1, 0.15) is 0 Å². The molecule has 0 amide bonds. The molecule has 1 heterocycles. The fourth-order valence-corrected chi connectivity index (χ4v) is 2.95. The molecule has 4 rings (SSSR count). The van der Waals surface area contributed by atoms with E-state index in [9.17, 15) is 4.39 Å². The van der Waals surface area contributed by atoms with Gasteiger partial charge in [0.15, 0.2) is 5.82 Å². The predicted octanol–water partition coefficient (Wildman–Crippen LogP) is 5.65. The monoisotopic (exact) mass is 424 g/mol. The summed E-state index contributed by atoms with van der Waals surface area (Å²) in [6.07, 6.45) is 1.31. The van der Waals surface area contributed by atoms with Crippen LogP contribution in [0.5, 0.6) is 11.6 Å². The molecule has 0 saturated carbocycles. The lowest BCUT2D eigenvalue weighted by atomic mass is 10.1. The first kappa shape index (κ1) is 17.2. The normalized spacial score (nSPS) is 10.7. The number of nitrogens with zero attached hydrogens (tertiary/aromatic N) is 2. The van der Waals surface area contributed by atoms with Crippen molar-refractivity contribution in [2.45, 2.75) is 0 Å². The summed E-state index contributed by atoms with van der Waals surface area (Å²) in [6, 6.07) is 18.3. The number of benzene rings is 3. The molecule has 7 heteroatoms. The highest BCUT2D eigenvalue weighted by atomic mass is 79.9. The van der Waals surface area contributed by atoms with Gasteiger partial charge in [0.05, 0.1) is 5.69 Å². The van der Waals surface area contributed by atoms with E-state index in [1.54, 1.807) is 12.1 Å². The standard InChI is InChI=1S/C20H14BrFN4O/c21-14-6-8-17(16(22)10-14)26-19-18(23)20(25-11-24-19)27-15-7-5-12-3-1-2-4-13(12)9-15/h1-11H,23H2,(H,24,25,26). The number of aromatic nitrogens is 2. The molecule has 1 aromatic heterocycles. The molecule has 0 aliphatic heterocycles. The third-order valence-corrected chi connectivity index (χ3v) is 4.46. The molecule has 4 aromatic rings. The van der Waals surface area contributed by atoms with Gasteiger partial charge in [0.1, 0.15) is 23.6 Å². The lowest BCUT2D eigenvalue weighted by Gasteiger charge is -2.12. The van der Waals surface area contributed by atoms with Crippen molar-refractivity contribution in [1.82, 2.24) is 9.97 Å². The van der Waals surface area contributed by atoms with Gasteiger partial charge < -0.3 is 15.8 Å². The molecule has 0 radical (unpaired) electrons. The van der Waals surface area contributed by atoms with Gasteiger partial charge in [-0.15, -0.1) is 0 Å². The van der Waals surface area contributed by atoms with Gasteiger partial charge in [0.25, 0.3) is 0 Å². The Morgan fingerprint density at radius 1 is 0.963 bits per heavy atom. The van der Waals surface area contributed by atoms with Crippen LogP contribution in [-0.4, -0.2) is 9.97 Å². The lowest BCUT2D eigenvalue weighted by molar-refractivity contribution is 0.465. The van der Waals surface area contributed by atoms with E-state index in [0.29, 0.717) is 10.2 Å². The Labute approximate surface area is 163 Å². The summed E-state index contributed by atoms with van der Waals surface area (Å²) in [5.74, 6) is 0.626. The minimum Gasteiger partial charge on any atom is -0.437 e. The number of ether oxygens (including phenoxy) is 1. The van der Waals surface area contributed by atoms with Crippen molar-refractivity contribution in [2.75, 3.05) is 11.1 Å². The van der Waals surface area contributed by atoms with E-state index < -0.39 is 5.82 Å². The van der Waals surface area contributed by atoms with E-state index in [0.717, 1.165) is 10.8 Å². The van der Waals surface area contributed by atoms with Crippen molar-refractivity contribution in [3.8, 4) is 11.6 Å². The van der Waals surface area contributed by atoms with E-state index in [-0.39, 0.29) is 23.1 Å². The van der Waals surface area contributed by atoms with E-state index in [4.69, 9.17) is 10.5 Å². The second-order valence-corrected chi connectivity index (χ2v) is 6.72. The average Bonchev–Trinajstić information content (AvgIpc) is 2.67. The maximum Gasteiger partial charge on any atom is 0.248 e. The SMILES string of the molecule is Nc1c(Nc2ccc(Br)cc2F)ncnc1Oc1ccc2ccccc2c1. The number of hydrogen-bond acceptors (Lipinski definition) is 5. The summed E-state index contributed by atoms with van der Waals surface area (Å²) < 4.78 is 20.5. The zero-order valence-electron chi connectivity index (χ0n) is 14.0. The molecule has 3 aromatic carbocycles. The highest BCUT2D eigenvalue weighted by Crippen LogP contribution is 2.33. The van der Waals surface area contributed by atoms with Gasteiger partial charge in [-0.2, -0.15) is 4.98 Å². The van der Waals surface area contributed by atoms with Crippen molar-refractivity contribution in [2.24, 2.45) is 0 Å². The second-order valence-electron chi connectivity index (χ2n) is 5.80. The largest absolute Gasteiger partial charge is 0.437 e. The van der Waals surface area contributed by atoms with Crippen molar-refractivity contribution < 1.29 is 9.13 Å². The van der Waals surface area contributed by atoms with E-state index >= 15 is 0 Å². The summed E-state index contributed by atoms with van der Waals surface area (Å²) in [4.78, 5) is 8.18. The first-order chi connectivity index (χ1) is 13.1. The fraction of sp³-hybridized carbons (Fsp3) is 0. The quantitative estimate of drug-likeness (QED) is 0.442. The van der Waals surface area contributed by atoms with Gasteiger partial charge in [-0.05, 0) is 41.1 Å². The molecule has 27 heavy (non-hydrogen) atoms. The minimum atomic E-state index is -0.431. The summed E-state index contributed by atoms with van der Waals surface area (Å²) in [5.41, 5.74) is 6.57. The number of hydrogen-bond donors (Lipinski definition) is 2. The summed E-state index contributed by atoms with van der Waals surface area (Å²) >= 11 is 3.22. The maximum absolute atomic E-state index is 14.1. The maximum atomic E-state index is 14.1. The summed E-state index contributed by atoms with van der Waals surface area (Å²) in [7, 11) is 0. The molecule has 0 atom stereocenters. The van der Waals surface area contributed by atoms with Crippen LogP contribution in [0.25, 0.3) is 10.8 Å². The van der Waals surface area contributed by atoms with E-state index in [1.165, 1.54) is 12.4 Å². The highest BCUT2D eigenvalue weighted by molar-refractivity contribution is 9.10. The summed E-state index contributed by atoms with van der Waals surface area (Å²) in [6.45, 7) is 0. The Balaban J connectivity index is 1.62. The first-order valence-electron chi connectivity index (χ1n) is 8.09. The minimum absolute atomic E-state index is 0.188. The van der Waals surface area contributed by atoms with Crippen LogP contribution in [0.4, 0.5) is 21.6 Å². The number of halogens is 2. The molecule has 0 unspecified atom stereocenters. The Morgan fingerprint density at radius 2 is 1.78 bits per heavy atom. The van der Waals surface area contributed by atoms with Crippen LogP contribution >= 0.6 is 15.9 Å². The van der Waals surface area contributed by atoms with Gasteiger partial charge in [0, 0.05) is 4.47 Å². The molecular formula is C20H14BrFN4O. The Bertz CT molecular complexity index is 1140. The number of anilines is 3. The van der Waals surface area contributed by atoms with Crippen molar-refractivity contribution in [1.29, 1.82) is 0 Å². The zero-order chi connectivity index (χ0) is 18.8. The number of nitrogens with two attached hydrogens (primary N) is 1. The average molecular weight is 425 g/mol. The molecular weight excluding hydrogens is 411 g/mol. The van der Waals surface area contributed by atoms with Crippen molar-refractivity contribution in [3.63, 3.8) is 0 Å². The smallest absolute Gasteiger partial charge is 0.248 e. The topological polar surface area (TPSA) is 73.1 Å². The fourth-order valence-electron chi connectivity index (χ4n) is 2.62. The van der Waals surface area contributed by atoms with Gasteiger partial charge in [0.2, 0.25) is 5.88 Å². The van der Waals surface area contributed by atoms with Crippen LogP contribution in [0.15, 0.2) is 71.5 Å². The van der Waals surface area contributed by atoms with E-state index in [1.807, 2.05) is 42.5 Å². The van der Waals surface area contributed by atoms with E-state index in [2.05, 4.69) is 31.2 Å². The Morgan fingerprint density at radius 3 is 2.59 bits per heavy atom. The molecule has 0 aliphatic rings. The van der Waals surface area contributed by atoms with Crippen LogP contribution in [0, 0.1) is 5.82 Å². The highest BCUT2D eigenvalue weighted by Gasteiger charge is 2.13. The Kier molecular flexibility index (Phi) is 4.60. The Hall–Kier alpha value is -3.19. The molecule has 0 spiro atoms. The van der Waals surface area contributed by atoms with Gasteiger partial charge in [-0.25, -0.2) is 9.37 Å².